The largest absolute Gasteiger partial charge is 0.508 e. The lowest BCUT2D eigenvalue weighted by Gasteiger charge is -2.02. The molecule has 1 heterocycles. The number of hydrogen-bond donors (Lipinski definition) is 2. The lowest BCUT2D eigenvalue weighted by molar-refractivity contribution is 0.470. The topological polar surface area (TPSA) is 32.3 Å². The molecule has 0 unspecified atom stereocenters. The Hall–Kier alpha value is -0.700. The van der Waals surface area contributed by atoms with Crippen LogP contribution in [0.4, 0.5) is 5.69 Å². The van der Waals surface area contributed by atoms with E-state index in [4.69, 9.17) is 0 Å². The summed E-state index contributed by atoms with van der Waals surface area (Å²) in [4.78, 5) is 0. The van der Waals surface area contributed by atoms with Crippen molar-refractivity contribution in [3.05, 3.63) is 22.2 Å². The highest BCUT2D eigenvalue weighted by Gasteiger charge is 2.14. The maximum absolute atomic E-state index is 9.44. The Balaban J connectivity index is 2.60. The average Bonchev–Trinajstić information content (AvgIpc) is 2.34. The SMILES string of the molecule is Oc1cc(Br)cc2c1CCN2. The summed E-state index contributed by atoms with van der Waals surface area (Å²) in [5.41, 5.74) is 2.09. The molecule has 1 aliphatic heterocycles. The Morgan fingerprint density at radius 1 is 1.45 bits per heavy atom. The van der Waals surface area contributed by atoms with Gasteiger partial charge in [-0.25, -0.2) is 0 Å². The molecule has 0 atom stereocenters. The average molecular weight is 214 g/mol. The van der Waals surface area contributed by atoms with Crippen molar-refractivity contribution in [3.63, 3.8) is 0 Å². The second-order valence-corrected chi connectivity index (χ2v) is 3.54. The molecule has 3 heteroatoms. The van der Waals surface area contributed by atoms with Crippen LogP contribution < -0.4 is 5.32 Å². The fourth-order valence-corrected chi connectivity index (χ4v) is 1.81. The Bertz CT molecular complexity index is 298. The number of halogens is 1. The van der Waals surface area contributed by atoms with Crippen LogP contribution in [0.1, 0.15) is 5.56 Å². The normalized spacial score (nSPS) is 14.3. The van der Waals surface area contributed by atoms with Gasteiger partial charge < -0.3 is 10.4 Å². The molecule has 0 aliphatic carbocycles. The highest BCUT2D eigenvalue weighted by atomic mass is 79.9. The molecule has 1 aliphatic rings. The van der Waals surface area contributed by atoms with Gasteiger partial charge in [-0.15, -0.1) is 0 Å². The van der Waals surface area contributed by atoms with Crippen molar-refractivity contribution in [1.29, 1.82) is 0 Å². The fourth-order valence-electron chi connectivity index (χ4n) is 1.37. The summed E-state index contributed by atoms with van der Waals surface area (Å²) in [5, 5.41) is 12.6. The number of phenolic OH excluding ortho intramolecular Hbond substituents is 1. The van der Waals surface area contributed by atoms with Gasteiger partial charge in [0, 0.05) is 22.3 Å². The third-order valence-corrected chi connectivity index (χ3v) is 2.34. The van der Waals surface area contributed by atoms with Crippen molar-refractivity contribution >= 4 is 21.6 Å². The first-order chi connectivity index (χ1) is 5.27. The van der Waals surface area contributed by atoms with Crippen LogP contribution >= 0.6 is 15.9 Å². The molecule has 58 valence electrons. The van der Waals surface area contributed by atoms with Crippen molar-refractivity contribution in [2.45, 2.75) is 6.42 Å². The van der Waals surface area contributed by atoms with Gasteiger partial charge in [0.2, 0.25) is 0 Å². The molecule has 11 heavy (non-hydrogen) atoms. The van der Waals surface area contributed by atoms with Crippen molar-refractivity contribution in [2.75, 3.05) is 11.9 Å². The van der Waals surface area contributed by atoms with Crippen molar-refractivity contribution in [2.24, 2.45) is 0 Å². The number of fused-ring (bicyclic) bond motifs is 1. The Morgan fingerprint density at radius 3 is 3.09 bits per heavy atom. The van der Waals surface area contributed by atoms with Crippen LogP contribution in [-0.4, -0.2) is 11.7 Å². The van der Waals surface area contributed by atoms with Gasteiger partial charge >= 0.3 is 0 Å². The van der Waals surface area contributed by atoms with E-state index in [0.29, 0.717) is 5.75 Å². The first-order valence-corrected chi connectivity index (χ1v) is 4.32. The summed E-state index contributed by atoms with van der Waals surface area (Å²) in [5.74, 6) is 0.388. The molecule has 0 bridgehead atoms. The number of aromatic hydroxyl groups is 1. The van der Waals surface area contributed by atoms with Crippen molar-refractivity contribution in [3.8, 4) is 5.75 Å². The van der Waals surface area contributed by atoms with E-state index in [1.165, 1.54) is 0 Å². The molecule has 2 rings (SSSR count). The summed E-state index contributed by atoms with van der Waals surface area (Å²) < 4.78 is 0.920. The fraction of sp³-hybridized carbons (Fsp3) is 0.250. The molecule has 0 fully saturated rings. The molecule has 2 N–H and O–H groups in total. The van der Waals surface area contributed by atoms with E-state index in [2.05, 4.69) is 21.2 Å². The second kappa shape index (κ2) is 2.41. The minimum atomic E-state index is 0.388. The zero-order valence-corrected chi connectivity index (χ0v) is 7.48. The van der Waals surface area contributed by atoms with E-state index in [0.717, 1.165) is 28.7 Å². The number of benzene rings is 1. The summed E-state index contributed by atoms with van der Waals surface area (Å²) in [6.07, 6.45) is 0.925. The summed E-state index contributed by atoms with van der Waals surface area (Å²) in [7, 11) is 0. The van der Waals surface area contributed by atoms with Gasteiger partial charge in [0.15, 0.2) is 0 Å². The molecule has 0 spiro atoms. The van der Waals surface area contributed by atoms with Crippen LogP contribution in [0.5, 0.6) is 5.75 Å². The molecule has 1 aromatic rings. The van der Waals surface area contributed by atoms with E-state index in [-0.39, 0.29) is 0 Å². The molecular weight excluding hydrogens is 206 g/mol. The quantitative estimate of drug-likeness (QED) is 0.693. The highest BCUT2D eigenvalue weighted by molar-refractivity contribution is 9.10. The van der Waals surface area contributed by atoms with E-state index in [9.17, 15) is 5.11 Å². The summed E-state index contributed by atoms with van der Waals surface area (Å²) in [6, 6.07) is 3.72. The van der Waals surface area contributed by atoms with Crippen LogP contribution in [0.2, 0.25) is 0 Å². The van der Waals surface area contributed by atoms with E-state index in [1.807, 2.05) is 6.07 Å². The summed E-state index contributed by atoms with van der Waals surface area (Å²) >= 11 is 3.32. The van der Waals surface area contributed by atoms with Gasteiger partial charge in [-0.2, -0.15) is 0 Å². The van der Waals surface area contributed by atoms with Gasteiger partial charge in [-0.05, 0) is 18.6 Å². The molecule has 0 amide bonds. The Kier molecular flexibility index (Phi) is 1.53. The Labute approximate surface area is 73.4 Å². The molecule has 0 radical (unpaired) electrons. The maximum atomic E-state index is 9.44. The molecule has 0 aromatic heterocycles. The first kappa shape index (κ1) is 6.98. The molecule has 0 saturated heterocycles. The smallest absolute Gasteiger partial charge is 0.122 e. The summed E-state index contributed by atoms with van der Waals surface area (Å²) in [6.45, 7) is 0.930. The van der Waals surface area contributed by atoms with Gasteiger partial charge in [0.25, 0.3) is 0 Å². The monoisotopic (exact) mass is 213 g/mol. The molecule has 0 saturated carbocycles. The van der Waals surface area contributed by atoms with Gasteiger partial charge in [-0.1, -0.05) is 15.9 Å². The zero-order valence-electron chi connectivity index (χ0n) is 5.89. The van der Waals surface area contributed by atoms with Crippen LogP contribution in [0, 0.1) is 0 Å². The Morgan fingerprint density at radius 2 is 2.27 bits per heavy atom. The second-order valence-electron chi connectivity index (χ2n) is 2.63. The van der Waals surface area contributed by atoms with Crippen LogP contribution in [-0.2, 0) is 6.42 Å². The van der Waals surface area contributed by atoms with E-state index in [1.54, 1.807) is 6.07 Å². The van der Waals surface area contributed by atoms with Gasteiger partial charge in [0.1, 0.15) is 5.75 Å². The number of anilines is 1. The molecular formula is C8H8BrNO. The maximum Gasteiger partial charge on any atom is 0.122 e. The van der Waals surface area contributed by atoms with Crippen molar-refractivity contribution in [1.82, 2.24) is 0 Å². The lowest BCUT2D eigenvalue weighted by Crippen LogP contribution is -1.90. The third-order valence-electron chi connectivity index (χ3n) is 1.88. The van der Waals surface area contributed by atoms with E-state index < -0.39 is 0 Å². The van der Waals surface area contributed by atoms with Gasteiger partial charge in [0.05, 0.1) is 0 Å². The van der Waals surface area contributed by atoms with Crippen LogP contribution in [0.25, 0.3) is 0 Å². The minimum absolute atomic E-state index is 0.388. The first-order valence-electron chi connectivity index (χ1n) is 3.52. The predicted molar refractivity (Wildman–Crippen MR) is 48.0 cm³/mol. The number of nitrogens with one attached hydrogen (secondary N) is 1. The minimum Gasteiger partial charge on any atom is -0.508 e. The molecule has 2 nitrogen and oxygen atoms in total. The number of phenols is 1. The van der Waals surface area contributed by atoms with Crippen molar-refractivity contribution < 1.29 is 5.11 Å². The van der Waals surface area contributed by atoms with E-state index >= 15 is 0 Å². The third kappa shape index (κ3) is 1.09. The standard InChI is InChI=1S/C8H8BrNO/c9-5-3-7-6(1-2-10-7)8(11)4-5/h3-4,10-11H,1-2H2. The van der Waals surface area contributed by atoms with Crippen LogP contribution in [0.3, 0.4) is 0 Å². The van der Waals surface area contributed by atoms with Gasteiger partial charge in [-0.3, -0.25) is 0 Å². The predicted octanol–water partition coefficient (Wildman–Crippen LogP) is 2.12. The lowest BCUT2D eigenvalue weighted by atomic mass is 10.1. The number of hydrogen-bond acceptors (Lipinski definition) is 2. The zero-order chi connectivity index (χ0) is 7.84. The number of rotatable bonds is 0. The highest BCUT2D eigenvalue weighted by Crippen LogP contribution is 2.33. The van der Waals surface area contributed by atoms with Crippen LogP contribution in [0.15, 0.2) is 16.6 Å². The molecule has 1 aromatic carbocycles.